The zero-order valence-corrected chi connectivity index (χ0v) is 15.4. The lowest BCUT2D eigenvalue weighted by atomic mass is 10.1. The monoisotopic (exact) mass is 375 g/mol. The van der Waals surface area contributed by atoms with Gasteiger partial charge in [0, 0.05) is 29.3 Å². The molecule has 0 spiro atoms. The molecule has 0 atom stereocenters. The molecule has 3 aromatic carbocycles. The second-order valence-corrected chi connectivity index (χ2v) is 6.12. The van der Waals surface area contributed by atoms with Gasteiger partial charge in [-0.2, -0.15) is 0 Å². The lowest BCUT2D eigenvalue weighted by Gasteiger charge is -2.13. The van der Waals surface area contributed by atoms with Crippen LogP contribution in [0.2, 0.25) is 0 Å². The van der Waals surface area contributed by atoms with Gasteiger partial charge in [-0.15, -0.1) is 0 Å². The van der Waals surface area contributed by atoms with Crippen LogP contribution in [-0.2, 0) is 0 Å². The average Bonchev–Trinajstić information content (AvgIpc) is 2.73. The molecule has 0 aliphatic rings. The summed E-state index contributed by atoms with van der Waals surface area (Å²) in [5, 5.41) is 4.12. The van der Waals surface area contributed by atoms with E-state index < -0.39 is 0 Å². The Balaban J connectivity index is 1.86. The normalized spacial score (nSPS) is 10.7. The number of methoxy groups -OCH3 is 2. The van der Waals surface area contributed by atoms with E-state index in [1.54, 1.807) is 38.5 Å². The van der Waals surface area contributed by atoms with Crippen molar-refractivity contribution in [3.63, 3.8) is 0 Å². The van der Waals surface area contributed by atoms with E-state index in [9.17, 15) is 4.39 Å². The molecule has 1 aromatic heterocycles. The number of para-hydroxylation sites is 1. The fourth-order valence-corrected chi connectivity index (χ4v) is 2.95. The van der Waals surface area contributed by atoms with Crippen LogP contribution in [-0.4, -0.2) is 24.2 Å². The van der Waals surface area contributed by atoms with E-state index in [1.165, 1.54) is 6.07 Å². The maximum Gasteiger partial charge on any atom is 0.165 e. The first-order valence-corrected chi connectivity index (χ1v) is 8.69. The van der Waals surface area contributed by atoms with Crippen LogP contribution in [0.25, 0.3) is 22.3 Å². The van der Waals surface area contributed by atoms with Crippen LogP contribution in [0.1, 0.15) is 0 Å². The Bertz CT molecular complexity index is 1130. The molecule has 140 valence electrons. The maximum absolute atomic E-state index is 14.3. The molecule has 0 saturated heterocycles. The molecule has 0 saturated carbocycles. The predicted octanol–water partition coefficient (Wildman–Crippen LogP) is 5.20. The highest BCUT2D eigenvalue weighted by atomic mass is 19.1. The highest BCUT2D eigenvalue weighted by molar-refractivity contribution is 5.92. The fourth-order valence-electron chi connectivity index (χ4n) is 2.95. The van der Waals surface area contributed by atoms with E-state index in [-0.39, 0.29) is 5.82 Å². The summed E-state index contributed by atoms with van der Waals surface area (Å²) in [6.07, 6.45) is 0. The molecule has 0 fully saturated rings. The number of hydrogen-bond donors (Lipinski definition) is 1. The number of benzene rings is 3. The molecule has 0 amide bonds. The Morgan fingerprint density at radius 1 is 0.821 bits per heavy atom. The third-order valence-electron chi connectivity index (χ3n) is 4.33. The Labute approximate surface area is 161 Å². The summed E-state index contributed by atoms with van der Waals surface area (Å²) in [6.45, 7) is 0. The lowest BCUT2D eigenvalue weighted by molar-refractivity contribution is 0.395. The highest BCUT2D eigenvalue weighted by Gasteiger charge is 2.13. The van der Waals surface area contributed by atoms with E-state index in [0.29, 0.717) is 34.2 Å². The van der Waals surface area contributed by atoms with Crippen LogP contribution in [0.15, 0.2) is 66.7 Å². The fraction of sp³-hybridized carbons (Fsp3) is 0.0909. The number of halogens is 1. The van der Waals surface area contributed by atoms with Crippen LogP contribution < -0.4 is 14.8 Å². The Hall–Kier alpha value is -3.67. The number of aromatic nitrogens is 2. The number of rotatable bonds is 5. The summed E-state index contributed by atoms with van der Waals surface area (Å²) in [6, 6.07) is 19.5. The zero-order chi connectivity index (χ0) is 19.5. The average molecular weight is 375 g/mol. The molecule has 1 heterocycles. The molecule has 1 N–H and O–H groups in total. The molecule has 6 heteroatoms. The van der Waals surface area contributed by atoms with Crippen LogP contribution in [0.3, 0.4) is 0 Å². The summed E-state index contributed by atoms with van der Waals surface area (Å²) in [7, 11) is 3.18. The predicted molar refractivity (Wildman–Crippen MR) is 108 cm³/mol. The Kier molecular flexibility index (Phi) is 4.76. The topological polar surface area (TPSA) is 56.3 Å². The minimum Gasteiger partial charge on any atom is -0.497 e. The van der Waals surface area contributed by atoms with Gasteiger partial charge in [0.05, 0.1) is 25.3 Å². The molecule has 0 bridgehead atoms. The van der Waals surface area contributed by atoms with Crippen molar-refractivity contribution in [3.8, 4) is 22.9 Å². The number of hydrogen-bond acceptors (Lipinski definition) is 5. The number of fused-ring (bicyclic) bond motifs is 1. The summed E-state index contributed by atoms with van der Waals surface area (Å²) >= 11 is 0. The van der Waals surface area contributed by atoms with E-state index >= 15 is 0 Å². The lowest BCUT2D eigenvalue weighted by Crippen LogP contribution is -2.01. The zero-order valence-electron chi connectivity index (χ0n) is 15.4. The molecule has 0 aliphatic carbocycles. The van der Waals surface area contributed by atoms with Crippen molar-refractivity contribution in [2.45, 2.75) is 0 Å². The summed E-state index contributed by atoms with van der Waals surface area (Å²) in [5.74, 6) is 1.81. The third-order valence-corrected chi connectivity index (χ3v) is 4.33. The number of ether oxygens (including phenoxy) is 2. The smallest absolute Gasteiger partial charge is 0.165 e. The molecule has 0 aliphatic heterocycles. The van der Waals surface area contributed by atoms with Gasteiger partial charge in [0.25, 0.3) is 0 Å². The number of nitrogens with one attached hydrogen (secondary N) is 1. The maximum atomic E-state index is 14.3. The van der Waals surface area contributed by atoms with E-state index in [1.807, 2.05) is 36.4 Å². The first-order chi connectivity index (χ1) is 13.7. The van der Waals surface area contributed by atoms with E-state index in [4.69, 9.17) is 9.47 Å². The van der Waals surface area contributed by atoms with E-state index in [2.05, 4.69) is 15.3 Å². The Morgan fingerprint density at radius 3 is 2.21 bits per heavy atom. The molecule has 4 rings (SSSR count). The second kappa shape index (κ2) is 7.52. The minimum atomic E-state index is -0.369. The van der Waals surface area contributed by atoms with Crippen LogP contribution in [0, 0.1) is 5.82 Å². The largest absolute Gasteiger partial charge is 0.497 e. The Morgan fingerprint density at radius 2 is 1.50 bits per heavy atom. The van der Waals surface area contributed by atoms with Crippen molar-refractivity contribution in [2.24, 2.45) is 0 Å². The first-order valence-electron chi connectivity index (χ1n) is 8.69. The summed E-state index contributed by atoms with van der Waals surface area (Å²) < 4.78 is 25.0. The van der Waals surface area contributed by atoms with Crippen molar-refractivity contribution >= 4 is 22.4 Å². The van der Waals surface area contributed by atoms with Gasteiger partial charge in [-0.05, 0) is 24.3 Å². The van der Waals surface area contributed by atoms with Gasteiger partial charge in [-0.1, -0.05) is 24.3 Å². The van der Waals surface area contributed by atoms with Gasteiger partial charge in [0.2, 0.25) is 0 Å². The first kappa shape index (κ1) is 17.7. The van der Waals surface area contributed by atoms with Crippen molar-refractivity contribution in [1.29, 1.82) is 0 Å². The molecule has 0 unspecified atom stereocenters. The van der Waals surface area contributed by atoms with Gasteiger partial charge >= 0.3 is 0 Å². The van der Waals surface area contributed by atoms with Crippen molar-refractivity contribution < 1.29 is 13.9 Å². The molecule has 4 aromatic rings. The number of nitrogens with zero attached hydrogens (tertiary/aromatic N) is 2. The van der Waals surface area contributed by atoms with Crippen LogP contribution in [0.5, 0.6) is 11.5 Å². The standard InChI is InChI=1S/C22H18FN3O2/c1-27-15-11-14(12-16(13-15)28-2)24-22-18-8-4-6-10-20(18)25-21(26-22)17-7-3-5-9-19(17)23/h3-13H,1-2H3,(H,24,25,26). The van der Waals surface area contributed by atoms with Crippen molar-refractivity contribution in [1.82, 2.24) is 9.97 Å². The molecular weight excluding hydrogens is 357 g/mol. The molecule has 28 heavy (non-hydrogen) atoms. The summed E-state index contributed by atoms with van der Waals surface area (Å²) in [5.41, 5.74) is 1.80. The van der Waals surface area contributed by atoms with E-state index in [0.717, 1.165) is 11.1 Å². The molecular formula is C22H18FN3O2. The van der Waals surface area contributed by atoms with Crippen molar-refractivity contribution in [2.75, 3.05) is 19.5 Å². The SMILES string of the molecule is COc1cc(Nc2nc(-c3ccccc3F)nc3ccccc23)cc(OC)c1. The number of anilines is 2. The quantitative estimate of drug-likeness (QED) is 0.520. The molecule has 0 radical (unpaired) electrons. The molecule has 5 nitrogen and oxygen atoms in total. The van der Waals surface area contributed by atoms with Crippen LogP contribution >= 0.6 is 0 Å². The van der Waals surface area contributed by atoms with Gasteiger partial charge < -0.3 is 14.8 Å². The highest BCUT2D eigenvalue weighted by Crippen LogP contribution is 2.31. The van der Waals surface area contributed by atoms with Crippen molar-refractivity contribution in [3.05, 3.63) is 72.5 Å². The second-order valence-electron chi connectivity index (χ2n) is 6.12. The summed E-state index contributed by atoms with van der Waals surface area (Å²) in [4.78, 5) is 9.13. The van der Waals surface area contributed by atoms with Gasteiger partial charge in [-0.3, -0.25) is 0 Å². The van der Waals surface area contributed by atoms with Gasteiger partial charge in [-0.25, -0.2) is 14.4 Å². The van der Waals surface area contributed by atoms with Gasteiger partial charge in [0.1, 0.15) is 23.1 Å². The van der Waals surface area contributed by atoms with Crippen LogP contribution in [0.4, 0.5) is 15.9 Å². The van der Waals surface area contributed by atoms with Gasteiger partial charge in [0.15, 0.2) is 5.82 Å². The third kappa shape index (κ3) is 3.44. The minimum absolute atomic E-state index is 0.314.